The maximum atomic E-state index is 14.0. The van der Waals surface area contributed by atoms with Crippen LogP contribution in [0.15, 0.2) is 101 Å². The molecule has 0 aromatic heterocycles. The number of carbonyl (C=O) groups is 2. The van der Waals surface area contributed by atoms with Gasteiger partial charge < -0.3 is 19.5 Å². The Labute approximate surface area is 242 Å². The number of dihydropyridines is 1. The van der Waals surface area contributed by atoms with Gasteiger partial charge in [0.15, 0.2) is 5.78 Å². The number of benzene rings is 3. The second kappa shape index (κ2) is 12.9. The topological polar surface area (TPSA) is 73.9 Å². The van der Waals surface area contributed by atoms with Crippen molar-refractivity contribution in [2.24, 2.45) is 0 Å². The number of ketones is 1. The summed E-state index contributed by atoms with van der Waals surface area (Å²) in [6.45, 7) is 4.66. The molecule has 212 valence electrons. The van der Waals surface area contributed by atoms with Gasteiger partial charge in [0.1, 0.15) is 18.1 Å². The number of rotatable bonds is 10. The fourth-order valence-corrected chi connectivity index (χ4v) is 5.71. The molecule has 1 N–H and O–H groups in total. The third kappa shape index (κ3) is 6.22. The molecule has 6 nitrogen and oxygen atoms in total. The second-order valence-corrected chi connectivity index (χ2v) is 10.6. The predicted molar refractivity (Wildman–Crippen MR) is 159 cm³/mol. The minimum Gasteiger partial charge on any atom is -0.497 e. The molecule has 6 heteroatoms. The number of para-hydroxylation sites is 1. The number of allylic oxidation sites excluding steroid dienone is 3. The molecule has 2 aliphatic rings. The summed E-state index contributed by atoms with van der Waals surface area (Å²) in [5, 5.41) is 3.44. The highest BCUT2D eigenvalue weighted by Crippen LogP contribution is 2.48. The SMILES string of the molecule is CCCCOC(=O)C1=C(C)NC2=C(C(=O)CC(c3ccc(OC)cc3)C2)C1c1ccccc1OCc1ccccc1. The van der Waals surface area contributed by atoms with Crippen LogP contribution in [-0.2, 0) is 20.9 Å². The monoisotopic (exact) mass is 551 g/mol. The van der Waals surface area contributed by atoms with Crippen LogP contribution in [0.1, 0.15) is 68.1 Å². The number of carbonyl (C=O) groups excluding carboxylic acids is 2. The molecule has 41 heavy (non-hydrogen) atoms. The van der Waals surface area contributed by atoms with Crippen LogP contribution >= 0.6 is 0 Å². The number of nitrogens with one attached hydrogen (secondary N) is 1. The van der Waals surface area contributed by atoms with Gasteiger partial charge in [-0.15, -0.1) is 0 Å². The normalized spacial score (nSPS) is 18.5. The highest BCUT2D eigenvalue weighted by atomic mass is 16.5. The maximum Gasteiger partial charge on any atom is 0.336 e. The third-order valence-electron chi connectivity index (χ3n) is 7.83. The van der Waals surface area contributed by atoms with Gasteiger partial charge in [0.05, 0.1) is 25.2 Å². The van der Waals surface area contributed by atoms with Crippen LogP contribution in [0.4, 0.5) is 0 Å². The first-order chi connectivity index (χ1) is 20.0. The number of unbranched alkanes of at least 4 members (excludes halogenated alkanes) is 1. The Morgan fingerprint density at radius 3 is 2.41 bits per heavy atom. The first-order valence-corrected chi connectivity index (χ1v) is 14.3. The van der Waals surface area contributed by atoms with Gasteiger partial charge in [-0.3, -0.25) is 4.79 Å². The first-order valence-electron chi connectivity index (χ1n) is 14.3. The van der Waals surface area contributed by atoms with Gasteiger partial charge in [0.2, 0.25) is 0 Å². The Kier molecular flexibility index (Phi) is 8.88. The zero-order valence-corrected chi connectivity index (χ0v) is 23.9. The molecule has 0 saturated carbocycles. The Bertz CT molecular complexity index is 1460. The van der Waals surface area contributed by atoms with E-state index in [4.69, 9.17) is 14.2 Å². The number of hydrogen-bond acceptors (Lipinski definition) is 6. The van der Waals surface area contributed by atoms with Crippen LogP contribution in [0.2, 0.25) is 0 Å². The van der Waals surface area contributed by atoms with Crippen molar-refractivity contribution < 1.29 is 23.8 Å². The summed E-state index contributed by atoms with van der Waals surface area (Å²) in [4.78, 5) is 27.6. The van der Waals surface area contributed by atoms with E-state index in [9.17, 15) is 9.59 Å². The zero-order chi connectivity index (χ0) is 28.8. The molecule has 2 unspecified atom stereocenters. The van der Waals surface area contributed by atoms with Gasteiger partial charge in [-0.2, -0.15) is 0 Å². The van der Waals surface area contributed by atoms with Crippen molar-refractivity contribution in [2.45, 2.75) is 58.0 Å². The highest BCUT2D eigenvalue weighted by Gasteiger charge is 2.42. The summed E-state index contributed by atoms with van der Waals surface area (Å²) in [5.41, 5.74) is 5.56. The van der Waals surface area contributed by atoms with Crippen LogP contribution in [0.5, 0.6) is 11.5 Å². The smallest absolute Gasteiger partial charge is 0.336 e. The summed E-state index contributed by atoms with van der Waals surface area (Å²) in [6.07, 6.45) is 2.72. The quantitative estimate of drug-likeness (QED) is 0.217. The molecular weight excluding hydrogens is 514 g/mol. The molecule has 3 aromatic rings. The summed E-state index contributed by atoms with van der Waals surface area (Å²) in [6, 6.07) is 25.6. The average Bonchev–Trinajstić information content (AvgIpc) is 3.00. The van der Waals surface area contributed by atoms with Gasteiger partial charge in [-0.25, -0.2) is 4.79 Å². The van der Waals surface area contributed by atoms with Crippen molar-refractivity contribution in [2.75, 3.05) is 13.7 Å². The molecular formula is C35H37NO5. The van der Waals surface area contributed by atoms with E-state index in [-0.39, 0.29) is 11.7 Å². The van der Waals surface area contributed by atoms with Crippen LogP contribution in [0, 0.1) is 0 Å². The van der Waals surface area contributed by atoms with E-state index in [0.29, 0.717) is 48.6 Å². The molecule has 0 spiro atoms. The van der Waals surface area contributed by atoms with Gasteiger partial charge in [-0.05, 0) is 55.0 Å². The third-order valence-corrected chi connectivity index (χ3v) is 7.83. The van der Waals surface area contributed by atoms with Crippen LogP contribution < -0.4 is 14.8 Å². The van der Waals surface area contributed by atoms with Gasteiger partial charge in [0, 0.05) is 29.0 Å². The van der Waals surface area contributed by atoms with Gasteiger partial charge in [-0.1, -0.05) is 74.0 Å². The molecule has 1 aliphatic heterocycles. The first kappa shape index (κ1) is 28.2. The molecule has 0 amide bonds. The molecule has 0 fully saturated rings. The van der Waals surface area contributed by atoms with Gasteiger partial charge in [0.25, 0.3) is 0 Å². The Hall–Kier alpha value is -4.32. The van der Waals surface area contributed by atoms with Crippen LogP contribution in [-0.4, -0.2) is 25.5 Å². The van der Waals surface area contributed by atoms with Gasteiger partial charge >= 0.3 is 5.97 Å². The Morgan fingerprint density at radius 2 is 1.68 bits per heavy atom. The van der Waals surface area contributed by atoms with Crippen molar-refractivity contribution in [1.29, 1.82) is 0 Å². The molecule has 1 aliphatic carbocycles. The number of methoxy groups -OCH3 is 1. The van der Waals surface area contributed by atoms with Crippen molar-refractivity contribution in [3.8, 4) is 11.5 Å². The molecule has 5 rings (SSSR count). The number of esters is 1. The second-order valence-electron chi connectivity index (χ2n) is 10.6. The lowest BCUT2D eigenvalue weighted by molar-refractivity contribution is -0.139. The van der Waals surface area contributed by atoms with Crippen molar-refractivity contribution in [3.63, 3.8) is 0 Å². The van der Waals surface area contributed by atoms with E-state index in [2.05, 4.69) is 12.2 Å². The zero-order valence-electron chi connectivity index (χ0n) is 23.9. The average molecular weight is 552 g/mol. The highest BCUT2D eigenvalue weighted by molar-refractivity contribution is 6.04. The molecule has 1 heterocycles. The fourth-order valence-electron chi connectivity index (χ4n) is 5.71. The van der Waals surface area contributed by atoms with Crippen molar-refractivity contribution >= 4 is 11.8 Å². The van der Waals surface area contributed by atoms with E-state index in [1.54, 1.807) is 7.11 Å². The van der Waals surface area contributed by atoms with Crippen molar-refractivity contribution in [1.82, 2.24) is 5.32 Å². The molecule has 0 radical (unpaired) electrons. The maximum absolute atomic E-state index is 14.0. The van der Waals surface area contributed by atoms with E-state index in [1.165, 1.54) is 0 Å². The van der Waals surface area contributed by atoms with Crippen molar-refractivity contribution in [3.05, 3.63) is 118 Å². The number of hydrogen-bond donors (Lipinski definition) is 1. The summed E-state index contributed by atoms with van der Waals surface area (Å²) >= 11 is 0. The van der Waals surface area contributed by atoms with E-state index >= 15 is 0 Å². The lowest BCUT2D eigenvalue weighted by Gasteiger charge is -2.37. The number of ether oxygens (including phenoxy) is 3. The minimum atomic E-state index is -0.586. The van der Waals surface area contributed by atoms with E-state index in [0.717, 1.165) is 41.0 Å². The van der Waals surface area contributed by atoms with E-state index in [1.807, 2.05) is 85.8 Å². The summed E-state index contributed by atoms with van der Waals surface area (Å²) in [7, 11) is 1.64. The Balaban J connectivity index is 1.54. The van der Waals surface area contributed by atoms with Crippen LogP contribution in [0.25, 0.3) is 0 Å². The van der Waals surface area contributed by atoms with E-state index < -0.39 is 11.9 Å². The molecule has 3 aromatic carbocycles. The lowest BCUT2D eigenvalue weighted by Crippen LogP contribution is -2.36. The largest absolute Gasteiger partial charge is 0.497 e. The molecule has 2 atom stereocenters. The summed E-state index contributed by atoms with van der Waals surface area (Å²) in [5.74, 6) is 0.486. The predicted octanol–water partition coefficient (Wildman–Crippen LogP) is 6.98. The lowest BCUT2D eigenvalue weighted by atomic mass is 9.71. The molecule has 0 bridgehead atoms. The number of Topliss-reactive ketones (excluding diaryl/α,β-unsaturated/α-hetero) is 1. The standard InChI is InChI=1S/C35H37NO5/c1-4-5-19-40-35(38)32-23(2)36-29-20-26(25-15-17-27(39-3)18-16-25)21-30(37)34(29)33(32)28-13-9-10-14-31(28)41-22-24-11-7-6-8-12-24/h6-18,26,33,36H,4-5,19-22H2,1-3H3. The van der Waals surface area contributed by atoms with Crippen LogP contribution in [0.3, 0.4) is 0 Å². The summed E-state index contributed by atoms with van der Waals surface area (Å²) < 4.78 is 17.4. The minimum absolute atomic E-state index is 0.0220. The molecule has 0 saturated heterocycles. The Morgan fingerprint density at radius 1 is 0.951 bits per heavy atom. The fraction of sp³-hybridized carbons (Fsp3) is 0.314.